The van der Waals surface area contributed by atoms with Gasteiger partial charge in [0.1, 0.15) is 11.5 Å². The summed E-state index contributed by atoms with van der Waals surface area (Å²) in [5.74, 6) is 1.00. The van der Waals surface area contributed by atoms with Crippen molar-refractivity contribution in [2.24, 2.45) is 0 Å². The second-order valence-corrected chi connectivity index (χ2v) is 11.1. The van der Waals surface area contributed by atoms with Crippen LogP contribution in [0.5, 0.6) is 11.5 Å². The van der Waals surface area contributed by atoms with Gasteiger partial charge in [-0.1, -0.05) is 51.1 Å². The fourth-order valence-corrected chi connectivity index (χ4v) is 5.86. The molecule has 0 saturated carbocycles. The lowest BCUT2D eigenvalue weighted by Gasteiger charge is -2.28. The van der Waals surface area contributed by atoms with Gasteiger partial charge >= 0.3 is 0 Å². The lowest BCUT2D eigenvalue weighted by atomic mass is 9.75. The van der Waals surface area contributed by atoms with E-state index in [-0.39, 0.29) is 22.6 Å². The quantitative estimate of drug-likeness (QED) is 0.263. The van der Waals surface area contributed by atoms with Crippen molar-refractivity contribution in [3.63, 3.8) is 0 Å². The molecular formula is C34H34N2O4. The molecule has 0 spiro atoms. The van der Waals surface area contributed by atoms with Gasteiger partial charge < -0.3 is 20.1 Å². The largest absolute Gasteiger partial charge is 0.497 e. The zero-order chi connectivity index (χ0) is 28.5. The van der Waals surface area contributed by atoms with Gasteiger partial charge in [-0.25, -0.2) is 0 Å². The van der Waals surface area contributed by atoms with Gasteiger partial charge in [0.15, 0.2) is 0 Å². The third-order valence-electron chi connectivity index (χ3n) is 7.84. The Morgan fingerprint density at radius 1 is 0.650 bits per heavy atom. The molecule has 0 radical (unpaired) electrons. The van der Waals surface area contributed by atoms with E-state index in [2.05, 4.69) is 37.5 Å². The number of carbonyl (C=O) groups excluding carboxylic acids is 2. The minimum Gasteiger partial charge on any atom is -0.497 e. The monoisotopic (exact) mass is 534 g/mol. The van der Waals surface area contributed by atoms with Gasteiger partial charge in [-0.3, -0.25) is 9.59 Å². The van der Waals surface area contributed by atoms with Crippen LogP contribution in [-0.4, -0.2) is 26.0 Å². The molecular weight excluding hydrogens is 500 g/mol. The SMILES string of the molecule is COc1cccc(NC(=O)c2ccc(C3(C)CC(C)(C)c4ccc(C(=O)Nc5cccc(OC)c5)cc43)cc2)c1. The number of benzene rings is 4. The summed E-state index contributed by atoms with van der Waals surface area (Å²) in [5.41, 5.74) is 5.57. The van der Waals surface area contributed by atoms with E-state index in [0.29, 0.717) is 34.0 Å². The van der Waals surface area contributed by atoms with Crippen molar-refractivity contribution in [3.8, 4) is 11.5 Å². The third-order valence-corrected chi connectivity index (χ3v) is 7.84. The Bertz CT molecular complexity index is 1580. The van der Waals surface area contributed by atoms with Gasteiger partial charge in [-0.15, -0.1) is 0 Å². The Labute approximate surface area is 235 Å². The van der Waals surface area contributed by atoms with Crippen LogP contribution in [0.1, 0.15) is 64.6 Å². The summed E-state index contributed by atoms with van der Waals surface area (Å²) in [4.78, 5) is 26.2. The first-order valence-electron chi connectivity index (χ1n) is 13.3. The highest BCUT2D eigenvalue weighted by Crippen LogP contribution is 2.53. The molecule has 0 saturated heterocycles. The predicted molar refractivity (Wildman–Crippen MR) is 159 cm³/mol. The van der Waals surface area contributed by atoms with E-state index in [0.717, 1.165) is 17.5 Å². The van der Waals surface area contributed by atoms with Crippen molar-refractivity contribution < 1.29 is 19.1 Å². The smallest absolute Gasteiger partial charge is 0.255 e. The highest BCUT2D eigenvalue weighted by molar-refractivity contribution is 6.05. The molecule has 0 fully saturated rings. The lowest BCUT2D eigenvalue weighted by Crippen LogP contribution is -2.24. The van der Waals surface area contributed by atoms with Gasteiger partial charge in [0, 0.05) is 40.0 Å². The van der Waals surface area contributed by atoms with E-state index in [4.69, 9.17) is 9.47 Å². The lowest BCUT2D eigenvalue weighted by molar-refractivity contribution is 0.101. The fourth-order valence-electron chi connectivity index (χ4n) is 5.86. The molecule has 0 bridgehead atoms. The number of anilines is 2. The number of hydrogen-bond acceptors (Lipinski definition) is 4. The number of carbonyl (C=O) groups is 2. The molecule has 40 heavy (non-hydrogen) atoms. The molecule has 2 N–H and O–H groups in total. The van der Waals surface area contributed by atoms with Crippen LogP contribution >= 0.6 is 0 Å². The highest BCUT2D eigenvalue weighted by atomic mass is 16.5. The molecule has 204 valence electrons. The molecule has 2 amide bonds. The highest BCUT2D eigenvalue weighted by Gasteiger charge is 2.46. The summed E-state index contributed by atoms with van der Waals surface area (Å²) in [6.45, 7) is 6.70. The van der Waals surface area contributed by atoms with E-state index in [9.17, 15) is 9.59 Å². The van der Waals surface area contributed by atoms with E-state index in [1.165, 1.54) is 5.56 Å². The van der Waals surface area contributed by atoms with Crippen LogP contribution in [0.3, 0.4) is 0 Å². The van der Waals surface area contributed by atoms with Crippen molar-refractivity contribution in [3.05, 3.63) is 119 Å². The summed E-state index contributed by atoms with van der Waals surface area (Å²) in [6.07, 6.45) is 0.881. The van der Waals surface area contributed by atoms with Crippen molar-refractivity contribution in [2.75, 3.05) is 24.9 Å². The van der Waals surface area contributed by atoms with Crippen molar-refractivity contribution in [1.82, 2.24) is 0 Å². The molecule has 4 aromatic rings. The first-order valence-corrected chi connectivity index (χ1v) is 13.3. The van der Waals surface area contributed by atoms with Crippen molar-refractivity contribution in [2.45, 2.75) is 38.0 Å². The zero-order valence-electron chi connectivity index (χ0n) is 23.5. The Balaban J connectivity index is 1.41. The minimum atomic E-state index is -0.326. The van der Waals surface area contributed by atoms with Crippen LogP contribution in [0.15, 0.2) is 91.0 Å². The first kappa shape index (κ1) is 27.0. The summed E-state index contributed by atoms with van der Waals surface area (Å²) in [5, 5.41) is 5.92. The number of ether oxygens (including phenoxy) is 2. The van der Waals surface area contributed by atoms with Gasteiger partial charge in [-0.05, 0) is 77.1 Å². The van der Waals surface area contributed by atoms with Gasteiger partial charge in [-0.2, -0.15) is 0 Å². The fraction of sp³-hybridized carbons (Fsp3) is 0.235. The Kier molecular flexibility index (Phi) is 7.11. The second kappa shape index (κ2) is 10.5. The third kappa shape index (κ3) is 5.17. The number of nitrogens with one attached hydrogen (secondary N) is 2. The van der Waals surface area contributed by atoms with Crippen LogP contribution in [0.2, 0.25) is 0 Å². The Morgan fingerprint density at radius 3 is 1.73 bits per heavy atom. The van der Waals surface area contributed by atoms with E-state index < -0.39 is 0 Å². The number of amides is 2. The Hall–Kier alpha value is -4.58. The molecule has 4 aromatic carbocycles. The number of methoxy groups -OCH3 is 2. The predicted octanol–water partition coefficient (Wildman–Crippen LogP) is 7.20. The summed E-state index contributed by atoms with van der Waals surface area (Å²) < 4.78 is 10.5. The zero-order valence-corrected chi connectivity index (χ0v) is 23.5. The summed E-state index contributed by atoms with van der Waals surface area (Å²) >= 11 is 0. The molecule has 6 heteroatoms. The van der Waals surface area contributed by atoms with Crippen molar-refractivity contribution in [1.29, 1.82) is 0 Å². The van der Waals surface area contributed by atoms with E-state index >= 15 is 0 Å². The number of hydrogen-bond donors (Lipinski definition) is 2. The van der Waals surface area contributed by atoms with Crippen LogP contribution in [0, 0.1) is 0 Å². The average Bonchev–Trinajstić information content (AvgIpc) is 3.18. The van der Waals surface area contributed by atoms with E-state index in [1.807, 2.05) is 72.8 Å². The summed E-state index contributed by atoms with van der Waals surface area (Å²) in [7, 11) is 3.20. The molecule has 0 aliphatic heterocycles. The van der Waals surface area contributed by atoms with Crippen molar-refractivity contribution >= 4 is 23.2 Å². The maximum atomic E-state index is 13.2. The van der Waals surface area contributed by atoms with Gasteiger partial charge in [0.05, 0.1) is 14.2 Å². The molecule has 1 aliphatic carbocycles. The Morgan fingerprint density at radius 2 is 1.18 bits per heavy atom. The van der Waals surface area contributed by atoms with Crippen LogP contribution in [-0.2, 0) is 10.8 Å². The molecule has 0 heterocycles. The van der Waals surface area contributed by atoms with Gasteiger partial charge in [0.25, 0.3) is 11.8 Å². The maximum absolute atomic E-state index is 13.2. The minimum absolute atomic E-state index is 0.0751. The second-order valence-electron chi connectivity index (χ2n) is 11.1. The molecule has 1 aliphatic rings. The summed E-state index contributed by atoms with van der Waals surface area (Å²) in [6, 6.07) is 28.4. The molecule has 1 atom stereocenters. The average molecular weight is 535 g/mol. The van der Waals surface area contributed by atoms with Gasteiger partial charge in [0.2, 0.25) is 0 Å². The molecule has 6 nitrogen and oxygen atoms in total. The first-order chi connectivity index (χ1) is 19.1. The maximum Gasteiger partial charge on any atom is 0.255 e. The molecule has 0 aromatic heterocycles. The normalized spacial score (nSPS) is 17.0. The number of fused-ring (bicyclic) bond motifs is 1. The van der Waals surface area contributed by atoms with Crippen LogP contribution in [0.25, 0.3) is 0 Å². The molecule has 5 rings (SSSR count). The number of rotatable bonds is 7. The van der Waals surface area contributed by atoms with Crippen LogP contribution < -0.4 is 20.1 Å². The topological polar surface area (TPSA) is 76.7 Å². The van der Waals surface area contributed by atoms with E-state index in [1.54, 1.807) is 26.4 Å². The molecule has 1 unspecified atom stereocenters. The standard InChI is InChI=1S/C34H34N2O4/c1-33(2)21-34(3,24-15-12-22(13-16-24)31(37)35-25-8-6-10-27(19-25)39-4)30-18-23(14-17-29(30)33)32(38)36-26-9-7-11-28(20-26)40-5/h6-20H,21H2,1-5H3,(H,35,37)(H,36,38). The van der Waals surface area contributed by atoms with Crippen LogP contribution in [0.4, 0.5) is 11.4 Å².